The maximum Gasteiger partial charge on any atom is 0.329 e. The second kappa shape index (κ2) is 7.63. The molecule has 0 radical (unpaired) electrons. The molecule has 7 heteroatoms. The van der Waals surface area contributed by atoms with Crippen LogP contribution in [0.4, 0.5) is 9.18 Å². The summed E-state index contributed by atoms with van der Waals surface area (Å²) < 4.78 is 20.1. The zero-order chi connectivity index (χ0) is 20.4. The van der Waals surface area contributed by atoms with E-state index < -0.39 is 11.9 Å². The van der Waals surface area contributed by atoms with Gasteiger partial charge in [0, 0.05) is 17.6 Å². The molecule has 3 amide bonds. The standard InChI is InChI=1S/C22H18FN3O3/c1-29-19-10-8-17(9-11-19)25-12-2-3-18(25)13-20-21(27)26(22(28)24-20)14-15-4-6-16(23)7-5-15/h2-13H,14H2,1H3,(H,24,28). The monoisotopic (exact) mass is 391 g/mol. The third-order valence-corrected chi connectivity index (χ3v) is 4.64. The van der Waals surface area contributed by atoms with Gasteiger partial charge in [-0.25, -0.2) is 9.18 Å². The van der Waals surface area contributed by atoms with Crippen molar-refractivity contribution in [1.82, 2.24) is 14.8 Å². The lowest BCUT2D eigenvalue weighted by Crippen LogP contribution is -2.30. The Kier molecular flexibility index (Phi) is 4.87. The first kappa shape index (κ1) is 18.5. The summed E-state index contributed by atoms with van der Waals surface area (Å²) in [5.74, 6) is -0.0527. The molecular formula is C22H18FN3O3. The van der Waals surface area contributed by atoms with Crippen LogP contribution in [0.3, 0.4) is 0 Å². The lowest BCUT2D eigenvalue weighted by atomic mass is 10.2. The highest BCUT2D eigenvalue weighted by molar-refractivity contribution is 6.13. The number of rotatable bonds is 5. The first-order valence-corrected chi connectivity index (χ1v) is 8.96. The summed E-state index contributed by atoms with van der Waals surface area (Å²) in [6.45, 7) is 0.0712. The number of hydrogen-bond acceptors (Lipinski definition) is 3. The Labute approximate surface area is 166 Å². The highest BCUT2D eigenvalue weighted by Crippen LogP contribution is 2.21. The number of methoxy groups -OCH3 is 1. The summed E-state index contributed by atoms with van der Waals surface area (Å²) in [6, 6.07) is 16.4. The second-order valence-electron chi connectivity index (χ2n) is 6.51. The summed E-state index contributed by atoms with van der Waals surface area (Å²) in [7, 11) is 1.60. The number of carbonyl (C=O) groups is 2. The number of halogens is 1. The van der Waals surface area contributed by atoms with Gasteiger partial charge in [-0.15, -0.1) is 0 Å². The van der Waals surface area contributed by atoms with E-state index in [-0.39, 0.29) is 18.1 Å². The molecule has 6 nitrogen and oxygen atoms in total. The molecule has 2 heterocycles. The molecule has 0 bridgehead atoms. The van der Waals surface area contributed by atoms with Crippen molar-refractivity contribution in [2.24, 2.45) is 0 Å². The van der Waals surface area contributed by atoms with Crippen LogP contribution in [0.5, 0.6) is 5.75 Å². The molecule has 0 spiro atoms. The van der Waals surface area contributed by atoms with Crippen LogP contribution in [0.15, 0.2) is 72.6 Å². The van der Waals surface area contributed by atoms with Gasteiger partial charge in [0.05, 0.1) is 13.7 Å². The molecule has 1 fully saturated rings. The molecule has 0 saturated carbocycles. The van der Waals surface area contributed by atoms with Crippen LogP contribution in [0, 0.1) is 5.82 Å². The van der Waals surface area contributed by atoms with E-state index in [2.05, 4.69) is 5.32 Å². The first-order valence-electron chi connectivity index (χ1n) is 8.96. The molecule has 1 saturated heterocycles. The molecule has 146 valence electrons. The minimum absolute atomic E-state index is 0.0712. The Bertz CT molecular complexity index is 1090. The summed E-state index contributed by atoms with van der Waals surface area (Å²) in [6.07, 6.45) is 3.50. The SMILES string of the molecule is COc1ccc(-n2cccc2C=C2NC(=O)N(Cc3ccc(F)cc3)C2=O)cc1. The number of ether oxygens (including phenoxy) is 1. The molecule has 29 heavy (non-hydrogen) atoms. The fourth-order valence-corrected chi connectivity index (χ4v) is 3.13. The molecule has 1 N–H and O–H groups in total. The predicted octanol–water partition coefficient (Wildman–Crippen LogP) is 3.72. The van der Waals surface area contributed by atoms with Gasteiger partial charge in [-0.3, -0.25) is 9.69 Å². The topological polar surface area (TPSA) is 63.6 Å². The van der Waals surface area contributed by atoms with Gasteiger partial charge >= 0.3 is 6.03 Å². The van der Waals surface area contributed by atoms with Crippen molar-refractivity contribution in [1.29, 1.82) is 0 Å². The number of nitrogens with zero attached hydrogens (tertiary/aromatic N) is 2. The quantitative estimate of drug-likeness (QED) is 0.533. The van der Waals surface area contributed by atoms with Crippen LogP contribution in [0.25, 0.3) is 11.8 Å². The number of hydrogen-bond donors (Lipinski definition) is 1. The average Bonchev–Trinajstić information content (AvgIpc) is 3.30. The molecule has 0 aliphatic carbocycles. The Morgan fingerprint density at radius 2 is 1.76 bits per heavy atom. The van der Waals surface area contributed by atoms with Crippen molar-refractivity contribution in [2.45, 2.75) is 6.54 Å². The van der Waals surface area contributed by atoms with E-state index in [9.17, 15) is 14.0 Å². The van der Waals surface area contributed by atoms with Gasteiger partial charge in [0.2, 0.25) is 0 Å². The summed E-state index contributed by atoms with van der Waals surface area (Å²) in [5, 5.41) is 2.61. The number of urea groups is 1. The van der Waals surface area contributed by atoms with E-state index in [0.717, 1.165) is 22.0 Å². The van der Waals surface area contributed by atoms with Crippen molar-refractivity contribution in [2.75, 3.05) is 7.11 Å². The molecular weight excluding hydrogens is 373 g/mol. The number of aromatic nitrogens is 1. The normalized spacial score (nSPS) is 15.1. The summed E-state index contributed by atoms with van der Waals surface area (Å²) in [4.78, 5) is 26.1. The molecule has 0 unspecified atom stereocenters. The molecule has 4 rings (SSSR count). The Morgan fingerprint density at radius 3 is 2.45 bits per heavy atom. The fraction of sp³-hybridized carbons (Fsp3) is 0.0909. The highest BCUT2D eigenvalue weighted by Gasteiger charge is 2.33. The first-order chi connectivity index (χ1) is 14.0. The second-order valence-corrected chi connectivity index (χ2v) is 6.51. The smallest absolute Gasteiger partial charge is 0.329 e. The minimum Gasteiger partial charge on any atom is -0.497 e. The number of nitrogens with one attached hydrogen (secondary N) is 1. The van der Waals surface area contributed by atoms with E-state index in [1.54, 1.807) is 25.3 Å². The molecule has 2 aromatic carbocycles. The fourth-order valence-electron chi connectivity index (χ4n) is 3.13. The van der Waals surface area contributed by atoms with Gasteiger partial charge in [0.15, 0.2) is 0 Å². The van der Waals surface area contributed by atoms with E-state index in [0.29, 0.717) is 5.56 Å². The van der Waals surface area contributed by atoms with E-state index in [4.69, 9.17) is 4.74 Å². The molecule has 1 aliphatic rings. The largest absolute Gasteiger partial charge is 0.497 e. The molecule has 0 atom stereocenters. The van der Waals surface area contributed by atoms with Crippen LogP contribution in [-0.2, 0) is 11.3 Å². The van der Waals surface area contributed by atoms with E-state index in [1.807, 2.05) is 47.2 Å². The number of amides is 3. The van der Waals surface area contributed by atoms with Crippen molar-refractivity contribution in [3.8, 4) is 11.4 Å². The molecule has 1 aliphatic heterocycles. The zero-order valence-electron chi connectivity index (χ0n) is 15.6. The zero-order valence-corrected chi connectivity index (χ0v) is 15.6. The van der Waals surface area contributed by atoms with E-state index >= 15 is 0 Å². The third kappa shape index (κ3) is 3.75. The summed E-state index contributed by atoms with van der Waals surface area (Å²) in [5.41, 5.74) is 2.48. The maximum absolute atomic E-state index is 13.1. The maximum atomic E-state index is 13.1. The lowest BCUT2D eigenvalue weighted by Gasteiger charge is -2.11. The van der Waals surface area contributed by atoms with Crippen molar-refractivity contribution >= 4 is 18.0 Å². The van der Waals surface area contributed by atoms with Gasteiger partial charge in [0.1, 0.15) is 17.3 Å². The Balaban J connectivity index is 1.57. The minimum atomic E-state index is -0.506. The van der Waals surface area contributed by atoms with Crippen LogP contribution in [0.1, 0.15) is 11.3 Å². The van der Waals surface area contributed by atoms with Gasteiger partial charge in [-0.1, -0.05) is 12.1 Å². The predicted molar refractivity (Wildman–Crippen MR) is 106 cm³/mol. The van der Waals surface area contributed by atoms with Gasteiger partial charge in [-0.2, -0.15) is 0 Å². The Morgan fingerprint density at radius 1 is 1.03 bits per heavy atom. The van der Waals surface area contributed by atoms with Gasteiger partial charge in [-0.05, 0) is 60.2 Å². The Hall–Kier alpha value is -3.87. The lowest BCUT2D eigenvalue weighted by molar-refractivity contribution is -0.123. The van der Waals surface area contributed by atoms with E-state index in [1.165, 1.54) is 12.1 Å². The van der Waals surface area contributed by atoms with Crippen molar-refractivity contribution in [3.63, 3.8) is 0 Å². The number of carbonyl (C=O) groups excluding carboxylic acids is 2. The third-order valence-electron chi connectivity index (χ3n) is 4.64. The highest BCUT2D eigenvalue weighted by atomic mass is 19.1. The van der Waals surface area contributed by atoms with Crippen molar-refractivity contribution in [3.05, 3.63) is 89.6 Å². The molecule has 1 aromatic heterocycles. The van der Waals surface area contributed by atoms with Crippen LogP contribution in [-0.4, -0.2) is 28.5 Å². The van der Waals surface area contributed by atoms with Crippen molar-refractivity contribution < 1.29 is 18.7 Å². The number of benzene rings is 2. The van der Waals surface area contributed by atoms with Crippen LogP contribution in [0.2, 0.25) is 0 Å². The average molecular weight is 391 g/mol. The van der Waals surface area contributed by atoms with Crippen LogP contribution < -0.4 is 10.1 Å². The molecule has 3 aromatic rings. The van der Waals surface area contributed by atoms with Crippen LogP contribution >= 0.6 is 0 Å². The number of imide groups is 1. The van der Waals surface area contributed by atoms with Gasteiger partial charge < -0.3 is 14.6 Å². The summed E-state index contributed by atoms with van der Waals surface area (Å²) >= 11 is 0. The van der Waals surface area contributed by atoms with Gasteiger partial charge in [0.25, 0.3) is 5.91 Å².